The number of benzene rings is 1. The van der Waals surface area contributed by atoms with Crippen molar-refractivity contribution in [3.05, 3.63) is 35.6 Å². The molecular formula is C11H16FNO. The molecule has 0 aliphatic carbocycles. The smallest absolute Gasteiger partial charge is 0.123 e. The molecule has 1 atom stereocenters. The first-order valence-corrected chi connectivity index (χ1v) is 4.81. The third-order valence-corrected chi connectivity index (χ3v) is 2.11. The Balaban J connectivity index is 2.37. The van der Waals surface area contributed by atoms with Gasteiger partial charge in [0.1, 0.15) is 5.82 Å². The molecule has 1 aromatic rings. The van der Waals surface area contributed by atoms with E-state index >= 15 is 0 Å². The average Bonchev–Trinajstić information content (AvgIpc) is 2.15. The van der Waals surface area contributed by atoms with Crippen molar-refractivity contribution in [1.29, 1.82) is 0 Å². The molecule has 78 valence electrons. The highest BCUT2D eigenvalue weighted by atomic mass is 19.1. The van der Waals surface area contributed by atoms with Crippen LogP contribution < -0.4 is 5.32 Å². The molecule has 0 heterocycles. The summed E-state index contributed by atoms with van der Waals surface area (Å²) in [6.45, 7) is 2.81. The van der Waals surface area contributed by atoms with Gasteiger partial charge < -0.3 is 10.4 Å². The molecule has 0 aliphatic rings. The Morgan fingerprint density at radius 1 is 1.50 bits per heavy atom. The molecular weight excluding hydrogens is 181 g/mol. The van der Waals surface area contributed by atoms with Gasteiger partial charge in [0.05, 0.1) is 0 Å². The third kappa shape index (κ3) is 3.85. The van der Waals surface area contributed by atoms with Crippen molar-refractivity contribution < 1.29 is 9.50 Å². The van der Waals surface area contributed by atoms with Crippen LogP contribution in [-0.4, -0.2) is 17.8 Å². The fourth-order valence-electron chi connectivity index (χ4n) is 1.23. The molecule has 0 saturated carbocycles. The first-order chi connectivity index (χ1) is 6.72. The van der Waals surface area contributed by atoms with E-state index in [0.29, 0.717) is 6.54 Å². The van der Waals surface area contributed by atoms with Crippen LogP contribution in [0.4, 0.5) is 4.39 Å². The number of hydrogen-bond acceptors (Lipinski definition) is 2. The summed E-state index contributed by atoms with van der Waals surface area (Å²) in [7, 11) is 0. The summed E-state index contributed by atoms with van der Waals surface area (Å²) in [6.07, 6.45) is 0.718. The highest BCUT2D eigenvalue weighted by molar-refractivity contribution is 5.15. The van der Waals surface area contributed by atoms with Gasteiger partial charge >= 0.3 is 0 Å². The zero-order chi connectivity index (χ0) is 10.4. The topological polar surface area (TPSA) is 32.3 Å². The van der Waals surface area contributed by atoms with Crippen molar-refractivity contribution in [3.8, 4) is 0 Å². The first-order valence-electron chi connectivity index (χ1n) is 4.81. The van der Waals surface area contributed by atoms with Crippen LogP contribution in [0.15, 0.2) is 24.3 Å². The molecule has 2 N–H and O–H groups in total. The van der Waals surface area contributed by atoms with Gasteiger partial charge in [0.2, 0.25) is 0 Å². The monoisotopic (exact) mass is 197 g/mol. The maximum Gasteiger partial charge on any atom is 0.123 e. The van der Waals surface area contributed by atoms with Crippen LogP contribution in [0.25, 0.3) is 0 Å². The van der Waals surface area contributed by atoms with Crippen LogP contribution in [0.2, 0.25) is 0 Å². The molecule has 0 radical (unpaired) electrons. The van der Waals surface area contributed by atoms with E-state index in [-0.39, 0.29) is 18.5 Å². The van der Waals surface area contributed by atoms with Crippen molar-refractivity contribution >= 4 is 0 Å². The van der Waals surface area contributed by atoms with E-state index in [1.165, 1.54) is 12.1 Å². The van der Waals surface area contributed by atoms with Gasteiger partial charge in [-0.25, -0.2) is 4.39 Å². The lowest BCUT2D eigenvalue weighted by molar-refractivity contribution is 0.268. The van der Waals surface area contributed by atoms with Gasteiger partial charge in [-0.05, 0) is 31.0 Å². The molecule has 0 spiro atoms. The number of aliphatic hydroxyl groups excluding tert-OH is 1. The number of aliphatic hydroxyl groups is 1. The van der Waals surface area contributed by atoms with Crippen LogP contribution in [-0.2, 0) is 6.54 Å². The van der Waals surface area contributed by atoms with Gasteiger partial charge in [0.25, 0.3) is 0 Å². The zero-order valence-corrected chi connectivity index (χ0v) is 8.33. The van der Waals surface area contributed by atoms with Gasteiger partial charge in [-0.2, -0.15) is 0 Å². The molecule has 1 rings (SSSR count). The molecule has 1 aromatic carbocycles. The molecule has 0 amide bonds. The fraction of sp³-hybridized carbons (Fsp3) is 0.455. The lowest BCUT2D eigenvalue weighted by Gasteiger charge is -2.11. The summed E-state index contributed by atoms with van der Waals surface area (Å²) in [4.78, 5) is 0. The van der Waals surface area contributed by atoms with E-state index in [2.05, 4.69) is 5.32 Å². The first kappa shape index (κ1) is 11.1. The standard InChI is InChI=1S/C11H16FNO/c1-9(5-6-14)13-8-10-3-2-4-11(12)7-10/h2-4,7,9,13-14H,5-6,8H2,1H3. The number of halogens is 1. The highest BCUT2D eigenvalue weighted by Crippen LogP contribution is 2.03. The van der Waals surface area contributed by atoms with Crippen molar-refractivity contribution in [2.24, 2.45) is 0 Å². The maximum atomic E-state index is 12.8. The SMILES string of the molecule is CC(CCO)NCc1cccc(F)c1. The summed E-state index contributed by atoms with van der Waals surface area (Å²) in [5, 5.41) is 11.9. The zero-order valence-electron chi connectivity index (χ0n) is 8.33. The van der Waals surface area contributed by atoms with E-state index in [1.807, 2.05) is 13.0 Å². The summed E-state index contributed by atoms with van der Waals surface area (Å²) in [5.41, 5.74) is 0.926. The van der Waals surface area contributed by atoms with Gasteiger partial charge in [-0.15, -0.1) is 0 Å². The van der Waals surface area contributed by atoms with Crippen LogP contribution in [0.3, 0.4) is 0 Å². The summed E-state index contributed by atoms with van der Waals surface area (Å²) in [5.74, 6) is -0.209. The third-order valence-electron chi connectivity index (χ3n) is 2.11. The van der Waals surface area contributed by atoms with Gasteiger partial charge in [0.15, 0.2) is 0 Å². The second-order valence-electron chi connectivity index (χ2n) is 3.42. The van der Waals surface area contributed by atoms with E-state index < -0.39 is 0 Å². The minimum Gasteiger partial charge on any atom is -0.396 e. The minimum absolute atomic E-state index is 0.178. The quantitative estimate of drug-likeness (QED) is 0.752. The van der Waals surface area contributed by atoms with Gasteiger partial charge in [-0.1, -0.05) is 12.1 Å². The number of nitrogens with one attached hydrogen (secondary N) is 1. The van der Waals surface area contributed by atoms with Crippen molar-refractivity contribution in [2.45, 2.75) is 25.9 Å². The molecule has 2 nitrogen and oxygen atoms in total. The van der Waals surface area contributed by atoms with Crippen LogP contribution in [0.1, 0.15) is 18.9 Å². The van der Waals surface area contributed by atoms with Gasteiger partial charge in [-0.3, -0.25) is 0 Å². The minimum atomic E-state index is -0.209. The van der Waals surface area contributed by atoms with Crippen molar-refractivity contribution in [3.63, 3.8) is 0 Å². The van der Waals surface area contributed by atoms with Gasteiger partial charge in [0, 0.05) is 19.2 Å². The fourth-order valence-corrected chi connectivity index (χ4v) is 1.23. The van der Waals surface area contributed by atoms with Crippen LogP contribution in [0.5, 0.6) is 0 Å². The predicted molar refractivity (Wildman–Crippen MR) is 54.4 cm³/mol. The second kappa shape index (κ2) is 5.73. The lowest BCUT2D eigenvalue weighted by atomic mass is 10.2. The van der Waals surface area contributed by atoms with Crippen LogP contribution in [0, 0.1) is 5.82 Å². The Morgan fingerprint density at radius 2 is 2.29 bits per heavy atom. The normalized spacial score (nSPS) is 12.8. The second-order valence-corrected chi connectivity index (χ2v) is 3.42. The Hall–Kier alpha value is -0.930. The number of hydrogen-bond donors (Lipinski definition) is 2. The lowest BCUT2D eigenvalue weighted by Crippen LogP contribution is -2.26. The largest absolute Gasteiger partial charge is 0.396 e. The molecule has 14 heavy (non-hydrogen) atoms. The summed E-state index contributed by atoms with van der Waals surface area (Å²) >= 11 is 0. The predicted octanol–water partition coefficient (Wildman–Crippen LogP) is 1.69. The maximum absolute atomic E-state index is 12.8. The molecule has 0 fully saturated rings. The number of rotatable bonds is 5. The molecule has 0 saturated heterocycles. The average molecular weight is 197 g/mol. The van der Waals surface area contributed by atoms with Crippen molar-refractivity contribution in [1.82, 2.24) is 5.32 Å². The Bertz CT molecular complexity index is 278. The molecule has 0 bridgehead atoms. The van der Waals surface area contributed by atoms with E-state index in [4.69, 9.17) is 5.11 Å². The molecule has 0 aliphatic heterocycles. The Morgan fingerprint density at radius 3 is 2.93 bits per heavy atom. The highest BCUT2D eigenvalue weighted by Gasteiger charge is 2.00. The Kier molecular flexibility index (Phi) is 4.56. The van der Waals surface area contributed by atoms with Crippen LogP contribution >= 0.6 is 0 Å². The summed E-state index contributed by atoms with van der Waals surface area (Å²) in [6, 6.07) is 6.77. The van der Waals surface area contributed by atoms with Crippen molar-refractivity contribution in [2.75, 3.05) is 6.61 Å². The van der Waals surface area contributed by atoms with E-state index in [0.717, 1.165) is 12.0 Å². The Labute approximate surface area is 83.8 Å². The molecule has 0 aromatic heterocycles. The molecule has 1 unspecified atom stereocenters. The van der Waals surface area contributed by atoms with E-state index in [9.17, 15) is 4.39 Å². The molecule has 3 heteroatoms. The summed E-state index contributed by atoms with van der Waals surface area (Å²) < 4.78 is 12.8. The van der Waals surface area contributed by atoms with E-state index in [1.54, 1.807) is 6.07 Å².